The van der Waals surface area contributed by atoms with Crippen molar-refractivity contribution in [3.05, 3.63) is 205 Å². The highest BCUT2D eigenvalue weighted by atomic mass is 32.1. The summed E-state index contributed by atoms with van der Waals surface area (Å²) >= 11 is 1.61. The van der Waals surface area contributed by atoms with Crippen molar-refractivity contribution in [2.24, 2.45) is 0 Å². The number of fused-ring (bicyclic) bond motifs is 3. The Morgan fingerprint density at radius 2 is 1.06 bits per heavy atom. The van der Waals surface area contributed by atoms with Gasteiger partial charge in [-0.05, 0) is 104 Å². The Kier molecular flexibility index (Phi) is 16.7. The van der Waals surface area contributed by atoms with Gasteiger partial charge in [0.2, 0.25) is 0 Å². The lowest BCUT2D eigenvalue weighted by Gasteiger charge is -2.15. The maximum absolute atomic E-state index is 14.2. The van der Waals surface area contributed by atoms with Crippen molar-refractivity contribution < 1.29 is 17.8 Å². The molecule has 0 aliphatic heterocycles. The molecule has 0 saturated heterocycles. The van der Waals surface area contributed by atoms with Crippen LogP contribution in [-0.2, 0) is 45.4 Å². The van der Waals surface area contributed by atoms with Gasteiger partial charge in [-0.3, -0.25) is 47.4 Å². The highest BCUT2D eigenvalue weighted by Crippen LogP contribution is 2.22. The zero-order valence-corrected chi connectivity index (χ0v) is 44.6. The molecule has 25 heteroatoms. The van der Waals surface area contributed by atoms with Crippen LogP contribution in [0.1, 0.15) is 92.0 Å². The van der Waals surface area contributed by atoms with Gasteiger partial charge in [0.25, 0.3) is 34.0 Å². The predicted octanol–water partition coefficient (Wildman–Crippen LogP) is 7.39. The molecule has 0 amide bonds. The first kappa shape index (κ1) is 54.8. The van der Waals surface area contributed by atoms with Crippen molar-refractivity contribution in [1.82, 2.24) is 68.5 Å². The number of rotatable bonds is 20. The number of aromatic amines is 2. The van der Waals surface area contributed by atoms with Gasteiger partial charge in [-0.25, -0.2) is 28.3 Å². The third-order valence-electron chi connectivity index (χ3n) is 13.3. The van der Waals surface area contributed by atoms with E-state index < -0.39 is 46.0 Å². The third-order valence-corrected chi connectivity index (χ3v) is 14.2. The number of aromatic nitrogens is 14. The number of halogens is 2. The summed E-state index contributed by atoms with van der Waals surface area (Å²) in [7, 11) is 0. The van der Waals surface area contributed by atoms with E-state index in [9.17, 15) is 37.5 Å². The van der Waals surface area contributed by atoms with Crippen molar-refractivity contribution in [2.45, 2.75) is 104 Å². The van der Waals surface area contributed by atoms with Crippen LogP contribution >= 0.6 is 11.3 Å². The molecule has 11 rings (SSSR count). The lowest BCUT2D eigenvalue weighted by Crippen LogP contribution is -2.43. The van der Waals surface area contributed by atoms with Crippen molar-refractivity contribution in [1.29, 1.82) is 0 Å². The Hall–Kier alpha value is -9.52. The van der Waals surface area contributed by atoms with E-state index in [0.29, 0.717) is 86.2 Å². The number of nitrogens with one attached hydrogen (secondary N) is 2. The van der Waals surface area contributed by atoms with Crippen molar-refractivity contribution in [2.75, 3.05) is 0 Å². The number of hydrogen-bond donors (Lipinski definition) is 2. The van der Waals surface area contributed by atoms with Crippen LogP contribution in [0.2, 0.25) is 0 Å². The Morgan fingerprint density at radius 1 is 0.543 bits per heavy atom. The number of unbranched alkanes of at least 4 members (excludes halogenated alkanes) is 2. The molecule has 0 spiro atoms. The van der Waals surface area contributed by atoms with Crippen molar-refractivity contribution in [3.63, 3.8) is 0 Å². The molecule has 0 aliphatic rings. The van der Waals surface area contributed by atoms with E-state index in [0.717, 1.165) is 30.3 Å². The molecule has 0 aliphatic carbocycles. The van der Waals surface area contributed by atoms with Gasteiger partial charge in [0.15, 0.2) is 35.0 Å². The first-order valence-electron chi connectivity index (χ1n) is 26.1. The van der Waals surface area contributed by atoms with Crippen LogP contribution in [-0.4, -0.2) is 68.5 Å². The Balaban J connectivity index is 0.000000182. The van der Waals surface area contributed by atoms with E-state index >= 15 is 0 Å². The molecule has 9 aromatic heterocycles. The second-order valence-electron chi connectivity index (χ2n) is 18.9. The first-order chi connectivity index (χ1) is 39.3. The van der Waals surface area contributed by atoms with Gasteiger partial charge >= 0.3 is 11.4 Å². The number of H-pyrrole nitrogens is 2. The summed E-state index contributed by atoms with van der Waals surface area (Å²) < 4.78 is 43.4. The molecule has 0 radical (unpaired) electrons. The predicted molar refractivity (Wildman–Crippen MR) is 297 cm³/mol. The molecule has 0 bridgehead atoms. The molecule has 2 unspecified atom stereocenters. The summed E-state index contributed by atoms with van der Waals surface area (Å²) in [6.07, 6.45) is 4.27. The molecule has 9 heterocycles. The van der Waals surface area contributed by atoms with Gasteiger partial charge in [0.1, 0.15) is 34.1 Å². The largest absolute Gasteiger partial charge is 0.332 e. The molecule has 81 heavy (non-hydrogen) atoms. The molecule has 0 fully saturated rings. The Labute approximate surface area is 460 Å². The summed E-state index contributed by atoms with van der Waals surface area (Å²) in [5, 5.41) is 11.8. The fourth-order valence-electron chi connectivity index (χ4n) is 9.28. The number of thiophene rings is 1. The lowest BCUT2D eigenvalue weighted by molar-refractivity contribution is 0.356. The SMILES string of the molecule is CC(F)c1nc2c(=O)n(CCCCc3noc(-c4ccccn4)n3)c(=O)n(CCCc3cccs3)c2c(=O)[nH]1.CC(F)c1nc2c(=O)n(CCCCc3noc(-c4ccccn4)n3)c(=O)n(Cc3cccc4ccccc34)c2c(=O)[nH]1. The number of benzene rings is 2. The van der Waals surface area contributed by atoms with E-state index in [2.05, 4.69) is 50.2 Å². The number of aryl methyl sites for hydroxylation is 4. The molecule has 2 N–H and O–H groups in total. The molecular weight excluding hydrogens is 1070 g/mol. The summed E-state index contributed by atoms with van der Waals surface area (Å²) in [5.41, 5.74) is -3.03. The van der Waals surface area contributed by atoms with Gasteiger partial charge in [0, 0.05) is 49.7 Å². The van der Waals surface area contributed by atoms with Crippen LogP contribution in [0.5, 0.6) is 0 Å². The van der Waals surface area contributed by atoms with E-state index in [1.54, 1.807) is 48.0 Å². The first-order valence-corrected chi connectivity index (χ1v) is 27.0. The molecule has 0 saturated carbocycles. The fraction of sp³-hybridized carbons (Fsp3) is 0.286. The summed E-state index contributed by atoms with van der Waals surface area (Å²) in [6.45, 7) is 2.82. The van der Waals surface area contributed by atoms with Crippen LogP contribution in [0.15, 0.2) is 147 Å². The lowest BCUT2D eigenvalue weighted by atomic mass is 10.0. The second kappa shape index (κ2) is 24.7. The monoisotopic (exact) mass is 1120 g/mol. The Morgan fingerprint density at radius 3 is 1.59 bits per heavy atom. The van der Waals surface area contributed by atoms with Crippen molar-refractivity contribution >= 4 is 44.2 Å². The van der Waals surface area contributed by atoms with Gasteiger partial charge < -0.3 is 19.0 Å². The normalized spacial score (nSPS) is 12.2. The topological polar surface area (TPSA) is 283 Å². The second-order valence-corrected chi connectivity index (χ2v) is 20.0. The molecular formula is C56H52F2N14O8S. The molecule has 11 aromatic rings. The van der Waals surface area contributed by atoms with Crippen molar-refractivity contribution in [3.8, 4) is 23.2 Å². The maximum atomic E-state index is 14.2. The van der Waals surface area contributed by atoms with Gasteiger partial charge in [0.05, 0.1) is 6.54 Å². The smallest absolute Gasteiger partial charge is 0.332 e. The minimum Gasteiger partial charge on any atom is -0.332 e. The molecule has 22 nitrogen and oxygen atoms in total. The van der Waals surface area contributed by atoms with Gasteiger partial charge in [-0.1, -0.05) is 71.0 Å². The summed E-state index contributed by atoms with van der Waals surface area (Å²) in [6, 6.07) is 28.1. The molecule has 2 aromatic carbocycles. The van der Waals surface area contributed by atoms with Gasteiger partial charge in [-0.2, -0.15) is 9.97 Å². The standard InChI is InChI=1S/C30H26FN7O4.C26H26FN7O4S/c1-18(31)26-34-24-25(27(39)35-26)38(17-20-11-8-10-19-9-2-3-12-21(19)20)30(41)37(29(24)40)16-7-5-14-23-33-28(42-36-23)22-13-4-6-15-32-22;1-16(27)22-30-20-21(23(35)31-22)33(14-6-8-17-9-7-15-39-17)26(37)34(25(20)36)13-5-3-11-19-29-24(38-32-19)18-10-2-4-12-28-18/h2-4,6,8-13,15,18H,5,7,14,16-17H2,1H3,(H,34,35,39);2,4,7,9-10,12,15-16H,3,5-6,8,11,13-14H2,1H3,(H,30,31,35). The average Bonchev–Trinajstić information content (AvgIpc) is 4.43. The maximum Gasteiger partial charge on any atom is 0.332 e. The quantitative estimate of drug-likeness (QED) is 0.0704. The zero-order chi connectivity index (χ0) is 56.6. The minimum absolute atomic E-state index is 0.0193. The molecule has 2 atom stereocenters. The number of alkyl halides is 2. The Bertz CT molecular complexity index is 4370. The van der Waals surface area contributed by atoms with Gasteiger partial charge in [-0.15, -0.1) is 11.3 Å². The highest BCUT2D eigenvalue weighted by Gasteiger charge is 2.23. The van der Waals surface area contributed by atoms with Crippen LogP contribution in [0, 0.1) is 0 Å². The van der Waals surface area contributed by atoms with Crippen LogP contribution in [0.4, 0.5) is 8.78 Å². The van der Waals surface area contributed by atoms with Crippen LogP contribution in [0.3, 0.4) is 0 Å². The number of hydrogen-bond acceptors (Lipinski definition) is 17. The summed E-state index contributed by atoms with van der Waals surface area (Å²) in [4.78, 5) is 111. The van der Waals surface area contributed by atoms with Crippen LogP contribution < -0.4 is 33.6 Å². The minimum atomic E-state index is -1.61. The van der Waals surface area contributed by atoms with E-state index in [-0.39, 0.29) is 59.9 Å². The average molecular weight is 1120 g/mol. The summed E-state index contributed by atoms with van der Waals surface area (Å²) in [5.74, 6) is 1.07. The fourth-order valence-corrected chi connectivity index (χ4v) is 10.0. The zero-order valence-electron chi connectivity index (χ0n) is 43.8. The van der Waals surface area contributed by atoms with E-state index in [4.69, 9.17) is 9.05 Å². The van der Waals surface area contributed by atoms with Crippen LogP contribution in [0.25, 0.3) is 56.0 Å². The number of nitrogens with zero attached hydrogens (tertiary/aromatic N) is 12. The van der Waals surface area contributed by atoms with E-state index in [1.807, 2.05) is 72.1 Å². The van der Waals surface area contributed by atoms with E-state index in [1.165, 1.54) is 23.0 Å². The third kappa shape index (κ3) is 12.2. The number of pyridine rings is 2. The molecule has 414 valence electrons. The highest BCUT2D eigenvalue weighted by molar-refractivity contribution is 7.09.